The first kappa shape index (κ1) is 23.0. The van der Waals surface area contributed by atoms with Gasteiger partial charge in [0.1, 0.15) is 5.82 Å². The molecular weight excluding hydrogens is 430 g/mol. The Balaban J connectivity index is 1.49. The summed E-state index contributed by atoms with van der Waals surface area (Å²) in [4.78, 5) is 7.34. The summed E-state index contributed by atoms with van der Waals surface area (Å²) in [6.07, 6.45) is 2.03. The van der Waals surface area contributed by atoms with Crippen LogP contribution >= 0.6 is 0 Å². The molecule has 0 aliphatic rings. The van der Waals surface area contributed by atoms with Crippen LogP contribution in [0, 0.1) is 0 Å². The third-order valence-corrected chi connectivity index (χ3v) is 6.40. The predicted octanol–water partition coefficient (Wildman–Crippen LogP) is 6.55. The lowest BCUT2D eigenvalue weighted by Gasteiger charge is -2.24. The Labute approximate surface area is 207 Å². The van der Waals surface area contributed by atoms with Gasteiger partial charge in [-0.3, -0.25) is 4.90 Å². The highest BCUT2D eigenvalue weighted by Crippen LogP contribution is 2.24. The van der Waals surface area contributed by atoms with E-state index in [1.54, 1.807) is 7.11 Å². The Morgan fingerprint density at radius 3 is 2.26 bits per heavy atom. The molecule has 35 heavy (non-hydrogen) atoms. The van der Waals surface area contributed by atoms with Gasteiger partial charge >= 0.3 is 0 Å². The van der Waals surface area contributed by atoms with Gasteiger partial charge in [-0.15, -0.1) is 0 Å². The minimum atomic E-state index is 0.644. The van der Waals surface area contributed by atoms with Gasteiger partial charge in [0.15, 0.2) is 0 Å². The van der Waals surface area contributed by atoms with Crippen molar-refractivity contribution in [3.63, 3.8) is 0 Å². The highest BCUT2D eigenvalue weighted by atomic mass is 16.5. The van der Waals surface area contributed by atoms with E-state index in [0.29, 0.717) is 6.61 Å². The Hall–Kier alpha value is -3.73. The second-order valence-corrected chi connectivity index (χ2v) is 8.85. The first-order valence-electron chi connectivity index (χ1n) is 12.1. The monoisotopic (exact) mass is 461 g/mol. The van der Waals surface area contributed by atoms with Crippen LogP contribution in [0.5, 0.6) is 0 Å². The van der Waals surface area contributed by atoms with Crippen LogP contribution in [-0.2, 0) is 30.9 Å². The molecule has 0 unspecified atom stereocenters. The fourth-order valence-electron chi connectivity index (χ4n) is 4.70. The zero-order valence-corrected chi connectivity index (χ0v) is 20.2. The van der Waals surface area contributed by atoms with E-state index in [0.717, 1.165) is 37.6 Å². The van der Waals surface area contributed by atoms with Gasteiger partial charge < -0.3 is 9.30 Å². The van der Waals surface area contributed by atoms with Gasteiger partial charge in [-0.05, 0) is 21.9 Å². The van der Waals surface area contributed by atoms with Crippen LogP contribution in [0.25, 0.3) is 22.2 Å². The van der Waals surface area contributed by atoms with E-state index >= 15 is 0 Å². The van der Waals surface area contributed by atoms with Crippen molar-refractivity contribution in [1.82, 2.24) is 14.5 Å². The maximum Gasteiger partial charge on any atom is 0.140 e. The lowest BCUT2D eigenvalue weighted by molar-refractivity contribution is 0.183. The molecule has 0 N–H and O–H groups in total. The van der Waals surface area contributed by atoms with Gasteiger partial charge in [-0.25, -0.2) is 4.98 Å². The third-order valence-electron chi connectivity index (χ3n) is 6.40. The lowest BCUT2D eigenvalue weighted by Crippen LogP contribution is -2.24. The maximum atomic E-state index is 5.44. The molecule has 176 valence electrons. The van der Waals surface area contributed by atoms with Gasteiger partial charge in [0.25, 0.3) is 0 Å². The number of imidazole rings is 1. The zero-order chi connectivity index (χ0) is 23.9. The molecule has 0 radical (unpaired) electrons. The first-order chi connectivity index (χ1) is 17.3. The average Bonchev–Trinajstić information content (AvgIpc) is 3.31. The Bertz CT molecular complexity index is 1360. The van der Waals surface area contributed by atoms with E-state index < -0.39 is 0 Å². The number of benzene rings is 4. The van der Waals surface area contributed by atoms with Crippen molar-refractivity contribution in [3.05, 3.63) is 126 Å². The van der Waals surface area contributed by atoms with Crippen molar-refractivity contribution in [1.29, 1.82) is 0 Å². The fourth-order valence-corrected chi connectivity index (χ4v) is 4.70. The molecule has 4 nitrogen and oxygen atoms in total. The van der Waals surface area contributed by atoms with Crippen LogP contribution in [0.2, 0.25) is 0 Å². The van der Waals surface area contributed by atoms with Crippen LogP contribution in [0.3, 0.4) is 0 Å². The Morgan fingerprint density at radius 2 is 1.46 bits per heavy atom. The molecule has 5 aromatic rings. The second-order valence-electron chi connectivity index (χ2n) is 8.85. The summed E-state index contributed by atoms with van der Waals surface area (Å²) < 4.78 is 7.75. The number of fused-ring (bicyclic) bond motifs is 1. The molecule has 0 spiro atoms. The van der Waals surface area contributed by atoms with E-state index in [1.807, 2.05) is 12.3 Å². The van der Waals surface area contributed by atoms with Crippen LogP contribution < -0.4 is 0 Å². The molecule has 0 aliphatic heterocycles. The largest absolute Gasteiger partial charge is 0.383 e. The van der Waals surface area contributed by atoms with E-state index in [1.165, 1.54) is 27.6 Å². The van der Waals surface area contributed by atoms with Crippen molar-refractivity contribution in [2.75, 3.05) is 13.7 Å². The number of rotatable bonds is 10. The molecule has 4 aromatic carbocycles. The number of hydrogen-bond acceptors (Lipinski definition) is 3. The van der Waals surface area contributed by atoms with Crippen molar-refractivity contribution >= 4 is 10.8 Å². The molecule has 0 aliphatic carbocycles. The predicted molar refractivity (Wildman–Crippen MR) is 143 cm³/mol. The summed E-state index contributed by atoms with van der Waals surface area (Å²) in [6.45, 7) is 3.92. The van der Waals surface area contributed by atoms with Crippen LogP contribution in [0.1, 0.15) is 16.8 Å². The molecule has 1 aromatic heterocycles. The molecule has 5 rings (SSSR count). The van der Waals surface area contributed by atoms with E-state index in [9.17, 15) is 0 Å². The average molecular weight is 462 g/mol. The second kappa shape index (κ2) is 11.1. The topological polar surface area (TPSA) is 30.3 Å². The molecule has 0 atom stereocenters. The Morgan fingerprint density at radius 1 is 0.743 bits per heavy atom. The standard InChI is InChI=1S/C31H31N3O/c1-35-20-19-34-29(21-32-31(34)27-14-6-3-7-15-27)24-33(22-25-11-4-2-5-12-25)23-28-17-10-16-26-13-8-9-18-30(26)28/h2-18,21H,19-20,22-24H2,1H3. The molecule has 0 fully saturated rings. The lowest BCUT2D eigenvalue weighted by atomic mass is 10.0. The molecule has 0 saturated carbocycles. The summed E-state index contributed by atoms with van der Waals surface area (Å²) in [7, 11) is 1.75. The van der Waals surface area contributed by atoms with Crippen molar-refractivity contribution in [2.24, 2.45) is 0 Å². The summed E-state index contributed by atoms with van der Waals surface area (Å²) >= 11 is 0. The number of methoxy groups -OCH3 is 1. The van der Waals surface area contributed by atoms with E-state index in [2.05, 4.69) is 107 Å². The number of aromatic nitrogens is 2. The highest BCUT2D eigenvalue weighted by Gasteiger charge is 2.16. The van der Waals surface area contributed by atoms with Crippen molar-refractivity contribution in [2.45, 2.75) is 26.2 Å². The highest BCUT2D eigenvalue weighted by molar-refractivity contribution is 5.85. The number of hydrogen-bond donors (Lipinski definition) is 0. The van der Waals surface area contributed by atoms with E-state index in [-0.39, 0.29) is 0 Å². The summed E-state index contributed by atoms with van der Waals surface area (Å²) in [6, 6.07) is 36.3. The molecule has 0 amide bonds. The van der Waals surface area contributed by atoms with Gasteiger partial charge in [-0.2, -0.15) is 0 Å². The zero-order valence-electron chi connectivity index (χ0n) is 20.2. The minimum Gasteiger partial charge on any atom is -0.383 e. The molecule has 4 heteroatoms. The molecular formula is C31H31N3O. The SMILES string of the molecule is COCCn1c(CN(Cc2ccccc2)Cc2cccc3ccccc23)cnc1-c1ccccc1. The smallest absolute Gasteiger partial charge is 0.140 e. The maximum absolute atomic E-state index is 5.44. The fraction of sp³-hybridized carbons (Fsp3) is 0.194. The number of ether oxygens (including phenoxy) is 1. The van der Waals surface area contributed by atoms with Crippen LogP contribution in [0.4, 0.5) is 0 Å². The van der Waals surface area contributed by atoms with Gasteiger partial charge in [-0.1, -0.05) is 103 Å². The van der Waals surface area contributed by atoms with Crippen LogP contribution in [0.15, 0.2) is 109 Å². The third kappa shape index (κ3) is 5.51. The van der Waals surface area contributed by atoms with Crippen molar-refractivity contribution in [3.8, 4) is 11.4 Å². The normalized spacial score (nSPS) is 11.4. The molecule has 1 heterocycles. The molecule has 0 bridgehead atoms. The van der Waals surface area contributed by atoms with Gasteiger partial charge in [0.05, 0.1) is 18.5 Å². The molecule has 0 saturated heterocycles. The van der Waals surface area contributed by atoms with Gasteiger partial charge in [0.2, 0.25) is 0 Å². The minimum absolute atomic E-state index is 0.644. The summed E-state index contributed by atoms with van der Waals surface area (Å²) in [5.74, 6) is 0.988. The Kier molecular flexibility index (Phi) is 7.32. The quantitative estimate of drug-likeness (QED) is 0.236. The van der Waals surface area contributed by atoms with Crippen molar-refractivity contribution < 1.29 is 4.74 Å². The first-order valence-corrected chi connectivity index (χ1v) is 12.1. The number of nitrogens with zero attached hydrogens (tertiary/aromatic N) is 3. The van der Waals surface area contributed by atoms with Gasteiger partial charge in [0, 0.05) is 38.9 Å². The summed E-state index contributed by atoms with van der Waals surface area (Å²) in [5, 5.41) is 2.59. The van der Waals surface area contributed by atoms with E-state index in [4.69, 9.17) is 9.72 Å². The summed E-state index contributed by atoms with van der Waals surface area (Å²) in [5.41, 5.74) is 4.96. The van der Waals surface area contributed by atoms with Crippen LogP contribution in [-0.4, -0.2) is 28.2 Å².